The van der Waals surface area contributed by atoms with E-state index in [1.54, 1.807) is 18.9 Å². The number of hydrogen-bond donors (Lipinski definition) is 0. The Morgan fingerprint density at radius 1 is 1.04 bits per heavy atom. The van der Waals surface area contributed by atoms with Crippen molar-refractivity contribution >= 4 is 22.7 Å². The van der Waals surface area contributed by atoms with Crippen molar-refractivity contribution in [2.45, 2.75) is 37.5 Å². The van der Waals surface area contributed by atoms with Gasteiger partial charge < -0.3 is 9.15 Å². The highest BCUT2D eigenvalue weighted by molar-refractivity contribution is 7.98. The van der Waals surface area contributed by atoms with Gasteiger partial charge in [0.05, 0.1) is 12.7 Å². The molecule has 0 amide bonds. The number of benzene rings is 2. The van der Waals surface area contributed by atoms with Crippen LogP contribution in [0.4, 0.5) is 0 Å². The summed E-state index contributed by atoms with van der Waals surface area (Å²) in [4.78, 5) is 1.21. The molecular weight excluding hydrogens is 316 g/mol. The molecule has 3 heteroatoms. The molecule has 0 saturated heterocycles. The second-order valence-electron chi connectivity index (χ2n) is 6.01. The summed E-state index contributed by atoms with van der Waals surface area (Å²) in [7, 11) is 1.73. The average molecular weight is 340 g/mol. The predicted molar refractivity (Wildman–Crippen MR) is 103 cm³/mol. The number of hydrogen-bond acceptors (Lipinski definition) is 3. The number of fused-ring (bicyclic) bond motifs is 1. The van der Waals surface area contributed by atoms with Crippen LogP contribution in [0.25, 0.3) is 22.3 Å². The average Bonchev–Trinajstić information content (AvgIpc) is 3.04. The fourth-order valence-corrected chi connectivity index (χ4v) is 3.37. The van der Waals surface area contributed by atoms with Gasteiger partial charge in [0.15, 0.2) is 0 Å². The van der Waals surface area contributed by atoms with Crippen molar-refractivity contribution in [3.63, 3.8) is 0 Å². The number of unbranched alkanes of at least 4 members (excludes halogenated alkanes) is 2. The molecule has 24 heavy (non-hydrogen) atoms. The van der Waals surface area contributed by atoms with E-state index in [1.807, 2.05) is 0 Å². The predicted octanol–water partition coefficient (Wildman–Crippen LogP) is 6.56. The quantitative estimate of drug-likeness (QED) is 0.359. The number of aryl methyl sites for hydroxylation is 1. The topological polar surface area (TPSA) is 22.4 Å². The molecule has 1 heterocycles. The van der Waals surface area contributed by atoms with Gasteiger partial charge in [-0.15, -0.1) is 11.8 Å². The van der Waals surface area contributed by atoms with Crippen molar-refractivity contribution in [1.29, 1.82) is 0 Å². The maximum atomic E-state index is 6.08. The van der Waals surface area contributed by atoms with Crippen molar-refractivity contribution in [3.05, 3.63) is 48.0 Å². The molecule has 3 aromatic rings. The molecule has 126 valence electrons. The zero-order chi connectivity index (χ0) is 16.9. The largest absolute Gasteiger partial charge is 0.496 e. The van der Waals surface area contributed by atoms with Crippen molar-refractivity contribution in [2.75, 3.05) is 13.4 Å². The van der Waals surface area contributed by atoms with E-state index in [1.165, 1.54) is 29.7 Å². The van der Waals surface area contributed by atoms with Gasteiger partial charge in [0.1, 0.15) is 17.1 Å². The van der Waals surface area contributed by atoms with E-state index < -0.39 is 0 Å². The van der Waals surface area contributed by atoms with Gasteiger partial charge >= 0.3 is 0 Å². The maximum Gasteiger partial charge on any atom is 0.139 e. The van der Waals surface area contributed by atoms with Crippen molar-refractivity contribution in [1.82, 2.24) is 0 Å². The number of rotatable bonds is 7. The lowest BCUT2D eigenvalue weighted by molar-refractivity contribution is 0.414. The van der Waals surface area contributed by atoms with Gasteiger partial charge in [-0.3, -0.25) is 0 Å². The third-order valence-electron chi connectivity index (χ3n) is 4.33. The number of ether oxygens (including phenoxy) is 1. The molecule has 0 aliphatic carbocycles. The first-order chi connectivity index (χ1) is 11.7. The Labute approximate surface area is 148 Å². The van der Waals surface area contributed by atoms with E-state index in [-0.39, 0.29) is 0 Å². The summed E-state index contributed by atoms with van der Waals surface area (Å²) >= 11 is 1.72. The SMILES string of the molecule is CCCCCc1ccc(-c2cc3ccc(SC)cc3o2)c(OC)c1. The van der Waals surface area contributed by atoms with E-state index in [4.69, 9.17) is 9.15 Å². The van der Waals surface area contributed by atoms with Crippen LogP contribution in [0.5, 0.6) is 5.75 Å². The van der Waals surface area contributed by atoms with E-state index in [0.717, 1.165) is 34.5 Å². The lowest BCUT2D eigenvalue weighted by Gasteiger charge is -2.09. The minimum absolute atomic E-state index is 0.861. The smallest absolute Gasteiger partial charge is 0.139 e. The molecule has 2 nitrogen and oxygen atoms in total. The summed E-state index contributed by atoms with van der Waals surface area (Å²) in [5.74, 6) is 1.74. The summed E-state index contributed by atoms with van der Waals surface area (Å²) in [5, 5.41) is 1.12. The van der Waals surface area contributed by atoms with Gasteiger partial charge in [-0.2, -0.15) is 0 Å². The Bertz CT molecular complexity index is 820. The van der Waals surface area contributed by atoms with Crippen LogP contribution >= 0.6 is 11.8 Å². The van der Waals surface area contributed by atoms with Crippen LogP contribution in [0.3, 0.4) is 0 Å². The van der Waals surface area contributed by atoms with Crippen LogP contribution < -0.4 is 4.74 Å². The highest BCUT2D eigenvalue weighted by atomic mass is 32.2. The highest BCUT2D eigenvalue weighted by Crippen LogP contribution is 2.36. The lowest BCUT2D eigenvalue weighted by atomic mass is 10.0. The summed E-state index contributed by atoms with van der Waals surface area (Å²) in [6.45, 7) is 2.23. The Hall–Kier alpha value is -1.87. The fourth-order valence-electron chi connectivity index (χ4n) is 2.95. The second kappa shape index (κ2) is 7.80. The van der Waals surface area contributed by atoms with Crippen LogP contribution in [-0.2, 0) is 6.42 Å². The normalized spacial score (nSPS) is 11.1. The molecule has 0 N–H and O–H groups in total. The van der Waals surface area contributed by atoms with E-state index >= 15 is 0 Å². The molecule has 0 unspecified atom stereocenters. The third-order valence-corrected chi connectivity index (χ3v) is 5.05. The van der Waals surface area contributed by atoms with Crippen molar-refractivity contribution < 1.29 is 9.15 Å². The van der Waals surface area contributed by atoms with Gasteiger partial charge in [-0.05, 0) is 61.1 Å². The third kappa shape index (κ3) is 3.62. The van der Waals surface area contributed by atoms with E-state index in [2.05, 4.69) is 55.6 Å². The molecule has 0 bridgehead atoms. The fraction of sp³-hybridized carbons (Fsp3) is 0.333. The number of furan rings is 1. The van der Waals surface area contributed by atoms with E-state index in [0.29, 0.717) is 0 Å². The first kappa shape index (κ1) is 17.0. The van der Waals surface area contributed by atoms with Gasteiger partial charge in [-0.25, -0.2) is 0 Å². The molecule has 0 radical (unpaired) electrons. The van der Waals surface area contributed by atoms with Gasteiger partial charge in [0.2, 0.25) is 0 Å². The minimum Gasteiger partial charge on any atom is -0.496 e. The number of thioether (sulfide) groups is 1. The summed E-state index contributed by atoms with van der Waals surface area (Å²) < 4.78 is 11.7. The molecule has 0 saturated carbocycles. The van der Waals surface area contributed by atoms with Crippen molar-refractivity contribution in [2.24, 2.45) is 0 Å². The Kier molecular flexibility index (Phi) is 5.52. The second-order valence-corrected chi connectivity index (χ2v) is 6.89. The molecule has 0 atom stereocenters. The molecule has 0 fully saturated rings. The zero-order valence-electron chi connectivity index (χ0n) is 14.6. The first-order valence-electron chi connectivity index (χ1n) is 8.50. The molecule has 3 rings (SSSR count). The molecule has 1 aromatic heterocycles. The summed E-state index contributed by atoms with van der Waals surface area (Å²) in [5.41, 5.74) is 3.26. The maximum absolute atomic E-state index is 6.08. The first-order valence-corrected chi connectivity index (χ1v) is 9.72. The molecular formula is C21H24O2S. The Balaban J connectivity index is 1.93. The molecule has 0 spiro atoms. The van der Waals surface area contributed by atoms with Gasteiger partial charge in [0, 0.05) is 10.3 Å². The minimum atomic E-state index is 0.861. The molecule has 0 aliphatic heterocycles. The summed E-state index contributed by atoms with van der Waals surface area (Å²) in [6, 6.07) is 14.9. The molecule has 0 aliphatic rings. The number of methoxy groups -OCH3 is 1. The summed E-state index contributed by atoms with van der Waals surface area (Å²) in [6.07, 6.45) is 6.91. The van der Waals surface area contributed by atoms with Crippen LogP contribution in [0.1, 0.15) is 31.7 Å². The Morgan fingerprint density at radius 3 is 2.67 bits per heavy atom. The lowest BCUT2D eigenvalue weighted by Crippen LogP contribution is -1.91. The highest BCUT2D eigenvalue weighted by Gasteiger charge is 2.12. The van der Waals surface area contributed by atoms with Crippen LogP contribution in [0.15, 0.2) is 51.8 Å². The monoisotopic (exact) mass is 340 g/mol. The van der Waals surface area contributed by atoms with Gasteiger partial charge in [-0.1, -0.05) is 25.8 Å². The zero-order valence-corrected chi connectivity index (χ0v) is 15.4. The van der Waals surface area contributed by atoms with Crippen LogP contribution in [0.2, 0.25) is 0 Å². The van der Waals surface area contributed by atoms with Crippen LogP contribution in [0, 0.1) is 0 Å². The van der Waals surface area contributed by atoms with Crippen molar-refractivity contribution in [3.8, 4) is 17.1 Å². The molecule has 2 aromatic carbocycles. The van der Waals surface area contributed by atoms with E-state index in [9.17, 15) is 0 Å². The Morgan fingerprint density at radius 2 is 1.92 bits per heavy atom. The van der Waals surface area contributed by atoms with Crippen LogP contribution in [-0.4, -0.2) is 13.4 Å². The standard InChI is InChI=1S/C21H24O2S/c1-4-5-6-7-15-8-11-18(20(12-15)22-2)21-13-16-9-10-17(24-3)14-19(16)23-21/h8-14H,4-7H2,1-3H3. The van der Waals surface area contributed by atoms with Gasteiger partial charge in [0.25, 0.3) is 0 Å².